The van der Waals surface area contributed by atoms with Crippen molar-refractivity contribution in [3.63, 3.8) is 0 Å². The molecule has 1 fully saturated rings. The second kappa shape index (κ2) is 9.09. The topological polar surface area (TPSA) is 21.3 Å². The molecule has 1 aromatic rings. The van der Waals surface area contributed by atoms with Gasteiger partial charge in [0.05, 0.1) is 6.61 Å². The maximum absolute atomic E-state index is 5.92. The zero-order valence-electron chi connectivity index (χ0n) is 13.7. The molecule has 118 valence electrons. The summed E-state index contributed by atoms with van der Waals surface area (Å²) in [7, 11) is 2.07. The van der Waals surface area contributed by atoms with Crippen LogP contribution in [0.25, 0.3) is 0 Å². The molecular formula is C19H31NO. The van der Waals surface area contributed by atoms with Crippen LogP contribution in [0, 0.1) is 5.92 Å². The lowest BCUT2D eigenvalue weighted by Crippen LogP contribution is -2.19. The Morgan fingerprint density at radius 3 is 2.67 bits per heavy atom. The molecule has 0 radical (unpaired) electrons. The lowest BCUT2D eigenvalue weighted by molar-refractivity contribution is 0.299. The summed E-state index contributed by atoms with van der Waals surface area (Å²) in [5, 5.41) is 3.49. The number of ether oxygens (including phenoxy) is 1. The molecule has 1 aromatic carbocycles. The Bertz CT molecular complexity index is 398. The van der Waals surface area contributed by atoms with Crippen molar-refractivity contribution in [1.29, 1.82) is 0 Å². The van der Waals surface area contributed by atoms with Gasteiger partial charge in [0.15, 0.2) is 0 Å². The first-order chi connectivity index (χ1) is 10.3. The van der Waals surface area contributed by atoms with E-state index in [1.807, 2.05) is 0 Å². The van der Waals surface area contributed by atoms with Gasteiger partial charge in [-0.15, -0.1) is 0 Å². The first-order valence-electron chi connectivity index (χ1n) is 8.74. The van der Waals surface area contributed by atoms with E-state index in [0.29, 0.717) is 6.04 Å². The predicted octanol–water partition coefficient (Wildman–Crippen LogP) is 5.10. The van der Waals surface area contributed by atoms with Crippen LogP contribution in [0.5, 0.6) is 5.75 Å². The molecule has 0 amide bonds. The number of nitrogens with one attached hydrogen (secondary N) is 1. The summed E-state index contributed by atoms with van der Waals surface area (Å²) in [6, 6.07) is 8.93. The number of hydrogen-bond donors (Lipinski definition) is 1. The molecule has 0 aliphatic heterocycles. The van der Waals surface area contributed by atoms with Crippen LogP contribution in [0.15, 0.2) is 24.3 Å². The Kier molecular flexibility index (Phi) is 7.08. The van der Waals surface area contributed by atoms with Crippen molar-refractivity contribution in [3.05, 3.63) is 29.8 Å². The van der Waals surface area contributed by atoms with Gasteiger partial charge in [-0.1, -0.05) is 57.2 Å². The molecule has 0 spiro atoms. The van der Waals surface area contributed by atoms with Gasteiger partial charge >= 0.3 is 0 Å². The molecule has 0 bridgehead atoms. The standard InChI is InChI=1S/C19H31NO/c1-3-15-21-19-12-8-7-11-17(19)18(20-2)14-13-16-9-5-4-6-10-16/h7-8,11-12,16,18,20H,3-6,9-10,13-15H2,1-2H3. The van der Waals surface area contributed by atoms with Crippen molar-refractivity contribution in [1.82, 2.24) is 5.32 Å². The van der Waals surface area contributed by atoms with Gasteiger partial charge in [0.25, 0.3) is 0 Å². The molecule has 21 heavy (non-hydrogen) atoms. The molecule has 2 rings (SSSR count). The third-order valence-electron chi connectivity index (χ3n) is 4.69. The van der Waals surface area contributed by atoms with Crippen LogP contribution in [0.2, 0.25) is 0 Å². The zero-order valence-corrected chi connectivity index (χ0v) is 13.7. The van der Waals surface area contributed by atoms with Crippen LogP contribution >= 0.6 is 0 Å². The smallest absolute Gasteiger partial charge is 0.124 e. The molecule has 0 saturated heterocycles. The van der Waals surface area contributed by atoms with Crippen molar-refractivity contribution in [2.24, 2.45) is 5.92 Å². The maximum atomic E-state index is 5.92. The van der Waals surface area contributed by atoms with Gasteiger partial charge in [-0.05, 0) is 38.3 Å². The van der Waals surface area contributed by atoms with E-state index in [0.717, 1.165) is 24.7 Å². The van der Waals surface area contributed by atoms with Crippen LogP contribution in [0.4, 0.5) is 0 Å². The van der Waals surface area contributed by atoms with Gasteiger partial charge in [0, 0.05) is 11.6 Å². The molecule has 1 N–H and O–H groups in total. The normalized spacial score (nSPS) is 17.6. The van der Waals surface area contributed by atoms with E-state index in [2.05, 4.69) is 43.6 Å². The quantitative estimate of drug-likeness (QED) is 0.719. The fourth-order valence-electron chi connectivity index (χ4n) is 3.45. The van der Waals surface area contributed by atoms with E-state index < -0.39 is 0 Å². The summed E-state index contributed by atoms with van der Waals surface area (Å²) < 4.78 is 5.92. The number of hydrogen-bond acceptors (Lipinski definition) is 2. The highest BCUT2D eigenvalue weighted by molar-refractivity contribution is 5.35. The van der Waals surface area contributed by atoms with Crippen molar-refractivity contribution in [3.8, 4) is 5.75 Å². The van der Waals surface area contributed by atoms with Crippen LogP contribution in [0.1, 0.15) is 69.9 Å². The summed E-state index contributed by atoms with van der Waals surface area (Å²) in [5.74, 6) is 2.00. The largest absolute Gasteiger partial charge is 0.493 e. The highest BCUT2D eigenvalue weighted by Crippen LogP contribution is 2.33. The van der Waals surface area contributed by atoms with E-state index in [1.165, 1.54) is 50.5 Å². The monoisotopic (exact) mass is 289 g/mol. The third kappa shape index (κ3) is 5.03. The van der Waals surface area contributed by atoms with Crippen molar-refractivity contribution in [2.45, 2.75) is 64.3 Å². The second-order valence-electron chi connectivity index (χ2n) is 6.31. The Labute approximate surface area is 130 Å². The van der Waals surface area contributed by atoms with Crippen LogP contribution in [-0.2, 0) is 0 Å². The second-order valence-corrected chi connectivity index (χ2v) is 6.31. The molecule has 1 aliphatic carbocycles. The molecule has 1 aliphatic rings. The Morgan fingerprint density at radius 2 is 1.95 bits per heavy atom. The average molecular weight is 289 g/mol. The van der Waals surface area contributed by atoms with Crippen molar-refractivity contribution >= 4 is 0 Å². The summed E-state index contributed by atoms with van der Waals surface area (Å²) in [6.07, 6.45) is 10.8. The Morgan fingerprint density at radius 1 is 1.19 bits per heavy atom. The molecule has 2 heteroatoms. The van der Waals surface area contributed by atoms with E-state index in [9.17, 15) is 0 Å². The van der Waals surface area contributed by atoms with Gasteiger partial charge in [0.1, 0.15) is 5.75 Å². The summed E-state index contributed by atoms with van der Waals surface area (Å²) in [5.41, 5.74) is 1.32. The lowest BCUT2D eigenvalue weighted by Gasteiger charge is -2.25. The lowest BCUT2D eigenvalue weighted by atomic mass is 9.84. The number of rotatable bonds is 8. The third-order valence-corrected chi connectivity index (χ3v) is 4.69. The molecular weight excluding hydrogens is 258 g/mol. The van der Waals surface area contributed by atoms with Crippen molar-refractivity contribution in [2.75, 3.05) is 13.7 Å². The summed E-state index contributed by atoms with van der Waals surface area (Å²) >= 11 is 0. The number of para-hydroxylation sites is 1. The fraction of sp³-hybridized carbons (Fsp3) is 0.684. The Balaban J connectivity index is 1.95. The predicted molar refractivity (Wildman–Crippen MR) is 89.8 cm³/mol. The molecule has 1 atom stereocenters. The highest BCUT2D eigenvalue weighted by atomic mass is 16.5. The maximum Gasteiger partial charge on any atom is 0.124 e. The van der Waals surface area contributed by atoms with Gasteiger partial charge in [0.2, 0.25) is 0 Å². The Hall–Kier alpha value is -1.02. The molecule has 2 nitrogen and oxygen atoms in total. The van der Waals surface area contributed by atoms with Crippen LogP contribution in [-0.4, -0.2) is 13.7 Å². The van der Waals surface area contributed by atoms with Crippen LogP contribution in [0.3, 0.4) is 0 Å². The van der Waals surface area contributed by atoms with Crippen LogP contribution < -0.4 is 10.1 Å². The minimum absolute atomic E-state index is 0.417. The first kappa shape index (κ1) is 16.4. The van der Waals surface area contributed by atoms with E-state index in [-0.39, 0.29) is 0 Å². The van der Waals surface area contributed by atoms with Gasteiger partial charge in [-0.25, -0.2) is 0 Å². The van der Waals surface area contributed by atoms with Gasteiger partial charge < -0.3 is 10.1 Å². The SMILES string of the molecule is CCCOc1ccccc1C(CCC1CCCCC1)NC. The zero-order chi connectivity index (χ0) is 14.9. The molecule has 0 heterocycles. The molecule has 1 unspecified atom stereocenters. The van der Waals surface area contributed by atoms with E-state index in [1.54, 1.807) is 0 Å². The summed E-state index contributed by atoms with van der Waals surface area (Å²) in [6.45, 7) is 2.96. The highest BCUT2D eigenvalue weighted by Gasteiger charge is 2.18. The fourth-order valence-corrected chi connectivity index (χ4v) is 3.45. The van der Waals surface area contributed by atoms with E-state index in [4.69, 9.17) is 4.74 Å². The summed E-state index contributed by atoms with van der Waals surface area (Å²) in [4.78, 5) is 0. The average Bonchev–Trinajstić information content (AvgIpc) is 2.55. The minimum atomic E-state index is 0.417. The minimum Gasteiger partial charge on any atom is -0.493 e. The molecule has 0 aromatic heterocycles. The number of benzene rings is 1. The van der Waals surface area contributed by atoms with Gasteiger partial charge in [-0.3, -0.25) is 0 Å². The van der Waals surface area contributed by atoms with E-state index >= 15 is 0 Å². The van der Waals surface area contributed by atoms with Crippen molar-refractivity contribution < 1.29 is 4.74 Å². The first-order valence-corrected chi connectivity index (χ1v) is 8.74. The molecule has 1 saturated carbocycles. The van der Waals surface area contributed by atoms with Gasteiger partial charge in [-0.2, -0.15) is 0 Å².